The van der Waals surface area contributed by atoms with Crippen molar-refractivity contribution in [2.24, 2.45) is 0 Å². The molecule has 0 atom stereocenters. The number of benzene rings is 2. The minimum absolute atomic E-state index is 0.0502. The predicted molar refractivity (Wildman–Crippen MR) is 113 cm³/mol. The highest BCUT2D eigenvalue weighted by molar-refractivity contribution is 6.03. The highest BCUT2D eigenvalue weighted by Gasteiger charge is 2.20. The molecule has 0 bridgehead atoms. The average molecular weight is 412 g/mol. The van der Waals surface area contributed by atoms with E-state index in [1.54, 1.807) is 0 Å². The Morgan fingerprint density at radius 3 is 2.70 bits per heavy atom. The molecule has 0 radical (unpaired) electrons. The molecular weight excluding hydrogens is 388 g/mol. The molecule has 1 aliphatic rings. The molecule has 0 saturated carbocycles. The molecule has 0 spiro atoms. The highest BCUT2D eigenvalue weighted by Crippen LogP contribution is 2.34. The van der Waals surface area contributed by atoms with E-state index >= 15 is 0 Å². The minimum Gasteiger partial charge on any atom is -0.495 e. The lowest BCUT2D eigenvalue weighted by Crippen LogP contribution is -2.14. The second kappa shape index (κ2) is 8.54. The van der Waals surface area contributed by atoms with E-state index in [2.05, 4.69) is 26.1 Å². The van der Waals surface area contributed by atoms with E-state index in [0.717, 1.165) is 5.56 Å². The summed E-state index contributed by atoms with van der Waals surface area (Å²) in [6.07, 6.45) is 2.80. The predicted octanol–water partition coefficient (Wildman–Crippen LogP) is 4.42. The molecule has 1 amide bonds. The number of hydrogen-bond donors (Lipinski definition) is 1. The number of carbonyl (C=O) groups excluding carboxylic acids is 1. The van der Waals surface area contributed by atoms with Crippen molar-refractivity contribution in [3.05, 3.63) is 63.2 Å². The first-order valence-electron chi connectivity index (χ1n) is 9.38. The zero-order chi connectivity index (χ0) is 21.9. The van der Waals surface area contributed by atoms with Gasteiger partial charge in [0.15, 0.2) is 6.79 Å². The number of fused-ring (bicyclic) bond motifs is 1. The SMILES string of the molecule is COc1ccc(C(C)(C)C)cc1NC(=O)C=Cc1cc([N+](=O)[O-])cc2c1OCOC2. The van der Waals surface area contributed by atoms with Crippen molar-refractivity contribution in [3.63, 3.8) is 0 Å². The summed E-state index contributed by atoms with van der Waals surface area (Å²) in [5.74, 6) is 0.618. The van der Waals surface area contributed by atoms with Gasteiger partial charge in [-0.1, -0.05) is 26.8 Å². The van der Waals surface area contributed by atoms with Gasteiger partial charge in [0.05, 0.1) is 24.3 Å². The smallest absolute Gasteiger partial charge is 0.270 e. The number of nitro benzene ring substituents is 1. The van der Waals surface area contributed by atoms with Crippen LogP contribution in [0.15, 0.2) is 36.4 Å². The summed E-state index contributed by atoms with van der Waals surface area (Å²) in [7, 11) is 1.53. The van der Waals surface area contributed by atoms with Gasteiger partial charge in [0.25, 0.3) is 5.69 Å². The third-order valence-corrected chi connectivity index (χ3v) is 4.67. The summed E-state index contributed by atoms with van der Waals surface area (Å²) in [6, 6.07) is 8.42. The number of non-ortho nitro benzene ring substituents is 1. The van der Waals surface area contributed by atoms with E-state index in [1.165, 1.54) is 31.4 Å². The number of amides is 1. The fraction of sp³-hybridized carbons (Fsp3) is 0.318. The molecule has 1 heterocycles. The van der Waals surface area contributed by atoms with Crippen LogP contribution in [0.5, 0.6) is 11.5 Å². The third kappa shape index (κ3) is 4.77. The quantitative estimate of drug-likeness (QED) is 0.443. The van der Waals surface area contributed by atoms with Gasteiger partial charge >= 0.3 is 0 Å². The number of anilines is 1. The standard InChI is InChI=1S/C22H24N2O6/c1-22(2,3)16-6-7-19(28-4)18(11-16)23-20(25)8-5-14-9-17(24(26)27)10-15-12-29-13-30-21(14)15/h5-11H,12-13H2,1-4H3,(H,23,25). The Balaban J connectivity index is 1.87. The Kier molecular flexibility index (Phi) is 6.07. The summed E-state index contributed by atoms with van der Waals surface area (Å²) in [5.41, 5.74) is 2.41. The number of methoxy groups -OCH3 is 1. The van der Waals surface area contributed by atoms with Gasteiger partial charge in [0.2, 0.25) is 5.91 Å². The fourth-order valence-corrected chi connectivity index (χ4v) is 3.07. The number of nitro groups is 1. The number of nitrogens with zero attached hydrogens (tertiary/aromatic N) is 1. The van der Waals surface area contributed by atoms with E-state index in [-0.39, 0.29) is 24.5 Å². The van der Waals surface area contributed by atoms with Crippen LogP contribution in [0, 0.1) is 10.1 Å². The molecule has 0 aromatic heterocycles. The molecule has 2 aromatic carbocycles. The zero-order valence-corrected chi connectivity index (χ0v) is 17.4. The van der Waals surface area contributed by atoms with Crippen LogP contribution in [0.25, 0.3) is 6.08 Å². The third-order valence-electron chi connectivity index (χ3n) is 4.67. The van der Waals surface area contributed by atoms with Gasteiger partial charge in [-0.05, 0) is 29.2 Å². The maximum Gasteiger partial charge on any atom is 0.270 e. The number of hydrogen-bond acceptors (Lipinski definition) is 6. The maximum atomic E-state index is 12.5. The molecule has 1 N–H and O–H groups in total. The van der Waals surface area contributed by atoms with E-state index in [9.17, 15) is 14.9 Å². The Bertz CT molecular complexity index is 1010. The second-order valence-electron chi connectivity index (χ2n) is 7.88. The molecule has 8 nitrogen and oxygen atoms in total. The van der Waals surface area contributed by atoms with Gasteiger partial charge in [-0.15, -0.1) is 0 Å². The molecule has 0 fully saturated rings. The number of rotatable bonds is 5. The molecule has 30 heavy (non-hydrogen) atoms. The molecule has 2 aromatic rings. The maximum absolute atomic E-state index is 12.5. The zero-order valence-electron chi connectivity index (χ0n) is 17.4. The molecule has 0 aliphatic carbocycles. The van der Waals surface area contributed by atoms with E-state index < -0.39 is 10.8 Å². The molecule has 0 saturated heterocycles. The van der Waals surface area contributed by atoms with Crippen molar-refractivity contribution < 1.29 is 23.9 Å². The van der Waals surface area contributed by atoms with Crippen LogP contribution in [-0.2, 0) is 21.6 Å². The first kappa shape index (κ1) is 21.3. The number of ether oxygens (including phenoxy) is 3. The van der Waals surface area contributed by atoms with Crippen LogP contribution < -0.4 is 14.8 Å². The van der Waals surface area contributed by atoms with Gasteiger partial charge in [0.1, 0.15) is 11.5 Å². The molecular formula is C22H24N2O6. The van der Waals surface area contributed by atoms with Crippen molar-refractivity contribution in [2.75, 3.05) is 19.2 Å². The van der Waals surface area contributed by atoms with Crippen molar-refractivity contribution in [3.8, 4) is 11.5 Å². The van der Waals surface area contributed by atoms with E-state index in [4.69, 9.17) is 14.2 Å². The molecule has 8 heteroatoms. The van der Waals surface area contributed by atoms with E-state index in [1.807, 2.05) is 18.2 Å². The van der Waals surface area contributed by atoms with Gasteiger partial charge in [-0.3, -0.25) is 14.9 Å². The van der Waals surface area contributed by atoms with Crippen molar-refractivity contribution in [2.45, 2.75) is 32.8 Å². The van der Waals surface area contributed by atoms with Gasteiger partial charge in [0, 0.05) is 29.3 Å². The monoisotopic (exact) mass is 412 g/mol. The second-order valence-corrected chi connectivity index (χ2v) is 7.88. The first-order chi connectivity index (χ1) is 14.2. The summed E-state index contributed by atoms with van der Waals surface area (Å²) < 4.78 is 16.0. The Morgan fingerprint density at radius 2 is 2.03 bits per heavy atom. The number of carbonyl (C=O) groups is 1. The van der Waals surface area contributed by atoms with Crippen LogP contribution in [0.4, 0.5) is 11.4 Å². The van der Waals surface area contributed by atoms with Gasteiger partial charge < -0.3 is 19.5 Å². The summed E-state index contributed by atoms with van der Waals surface area (Å²) in [6.45, 7) is 6.50. The Hall–Kier alpha value is -3.39. The molecule has 3 rings (SSSR count). The number of nitrogens with one attached hydrogen (secondary N) is 1. The van der Waals surface area contributed by atoms with Crippen molar-refractivity contribution >= 4 is 23.4 Å². The molecule has 0 unspecified atom stereocenters. The molecule has 158 valence electrons. The summed E-state index contributed by atoms with van der Waals surface area (Å²) in [5, 5.41) is 14.0. The molecule has 1 aliphatic heterocycles. The normalized spacial score (nSPS) is 13.5. The fourth-order valence-electron chi connectivity index (χ4n) is 3.07. The van der Waals surface area contributed by atoms with Crippen molar-refractivity contribution in [1.29, 1.82) is 0 Å². The van der Waals surface area contributed by atoms with Crippen LogP contribution in [0.3, 0.4) is 0 Å². The van der Waals surface area contributed by atoms with E-state index in [0.29, 0.717) is 28.3 Å². The van der Waals surface area contributed by atoms with Crippen LogP contribution >= 0.6 is 0 Å². The largest absolute Gasteiger partial charge is 0.495 e. The van der Waals surface area contributed by atoms with Crippen LogP contribution in [-0.4, -0.2) is 24.7 Å². The average Bonchev–Trinajstić information content (AvgIpc) is 2.71. The van der Waals surface area contributed by atoms with Crippen LogP contribution in [0.1, 0.15) is 37.5 Å². The first-order valence-corrected chi connectivity index (χ1v) is 9.38. The van der Waals surface area contributed by atoms with Crippen LogP contribution in [0.2, 0.25) is 0 Å². The minimum atomic E-state index is -0.491. The Labute approximate surface area is 174 Å². The Morgan fingerprint density at radius 1 is 1.27 bits per heavy atom. The highest BCUT2D eigenvalue weighted by atomic mass is 16.7. The van der Waals surface area contributed by atoms with Gasteiger partial charge in [-0.2, -0.15) is 0 Å². The lowest BCUT2D eigenvalue weighted by molar-refractivity contribution is -0.385. The lowest BCUT2D eigenvalue weighted by Gasteiger charge is -2.21. The van der Waals surface area contributed by atoms with Crippen molar-refractivity contribution in [1.82, 2.24) is 0 Å². The summed E-state index contributed by atoms with van der Waals surface area (Å²) >= 11 is 0. The summed E-state index contributed by atoms with van der Waals surface area (Å²) in [4.78, 5) is 23.3. The topological polar surface area (TPSA) is 99.9 Å². The lowest BCUT2D eigenvalue weighted by atomic mass is 9.87. The van der Waals surface area contributed by atoms with Gasteiger partial charge in [-0.25, -0.2) is 0 Å².